The van der Waals surface area contributed by atoms with E-state index < -0.39 is 0 Å². The Morgan fingerprint density at radius 2 is 1.43 bits per heavy atom. The van der Waals surface area contributed by atoms with E-state index in [9.17, 15) is 4.79 Å². The summed E-state index contributed by atoms with van der Waals surface area (Å²) < 4.78 is 0. The van der Waals surface area contributed by atoms with Gasteiger partial charge in [0.2, 0.25) is 0 Å². The predicted octanol–water partition coefficient (Wildman–Crippen LogP) is 4.95. The molecule has 0 bridgehead atoms. The predicted molar refractivity (Wildman–Crippen MR) is 123 cm³/mol. The first kappa shape index (κ1) is 20.4. The number of benzene rings is 3. The lowest BCUT2D eigenvalue weighted by Crippen LogP contribution is -2.37. The van der Waals surface area contributed by atoms with Crippen LogP contribution in [0.4, 0.5) is 0 Å². The molecule has 3 aromatic rings. The lowest BCUT2D eigenvalue weighted by Gasteiger charge is -2.32. The molecule has 4 rings (SSSR count). The fraction of sp³-hybridized carbons (Fsp3) is 0.296. The molecule has 1 aliphatic heterocycles. The number of likely N-dealkylation sites (tertiary alicyclic amines) is 1. The molecule has 2 N–H and O–H groups in total. The number of hydrogen-bond donors (Lipinski definition) is 1. The molecule has 1 amide bonds. The summed E-state index contributed by atoms with van der Waals surface area (Å²) in [5.74, 6) is 0.666. The Labute approximate surface area is 179 Å². The average molecular weight is 399 g/mol. The van der Waals surface area contributed by atoms with Gasteiger partial charge in [-0.25, -0.2) is 0 Å². The molecule has 0 atom stereocenters. The molecule has 0 radical (unpaired) electrons. The van der Waals surface area contributed by atoms with Crippen molar-refractivity contribution in [2.45, 2.75) is 38.1 Å². The van der Waals surface area contributed by atoms with Crippen molar-refractivity contribution in [1.82, 2.24) is 4.90 Å². The minimum atomic E-state index is 0.152. The highest BCUT2D eigenvalue weighted by Gasteiger charge is 2.24. The summed E-state index contributed by atoms with van der Waals surface area (Å²) in [5, 5.41) is 0. The number of nitrogens with zero attached hydrogens (tertiary/aromatic N) is 1. The van der Waals surface area contributed by atoms with Gasteiger partial charge in [0.1, 0.15) is 0 Å². The molecule has 3 heteroatoms. The van der Waals surface area contributed by atoms with Crippen LogP contribution in [0.3, 0.4) is 0 Å². The zero-order valence-electron chi connectivity index (χ0n) is 17.5. The summed E-state index contributed by atoms with van der Waals surface area (Å²) in [4.78, 5) is 14.9. The fourth-order valence-corrected chi connectivity index (χ4v) is 4.32. The lowest BCUT2D eigenvalue weighted by molar-refractivity contribution is 0.0713. The summed E-state index contributed by atoms with van der Waals surface area (Å²) in [6.07, 6.45) is 4.03. The first-order valence-corrected chi connectivity index (χ1v) is 10.9. The average Bonchev–Trinajstić information content (AvgIpc) is 2.83. The zero-order valence-corrected chi connectivity index (χ0v) is 17.5. The maximum Gasteiger partial charge on any atom is 0.253 e. The monoisotopic (exact) mass is 398 g/mol. The van der Waals surface area contributed by atoms with Gasteiger partial charge in [0.25, 0.3) is 5.91 Å². The van der Waals surface area contributed by atoms with Crippen LogP contribution in [0, 0.1) is 0 Å². The highest BCUT2D eigenvalue weighted by Crippen LogP contribution is 2.29. The SMILES string of the molecule is NCc1cccc(C2CCN(C(=O)c3ccc(CCc4ccccc4)cc3)CC2)c1. The number of carbonyl (C=O) groups excluding carboxylic acids is 1. The Kier molecular flexibility index (Phi) is 6.60. The van der Waals surface area contributed by atoms with Crippen molar-refractivity contribution in [2.24, 2.45) is 5.73 Å². The van der Waals surface area contributed by atoms with Crippen LogP contribution in [0.15, 0.2) is 78.9 Å². The van der Waals surface area contributed by atoms with Crippen LogP contribution in [0.2, 0.25) is 0 Å². The van der Waals surface area contributed by atoms with Crippen molar-refractivity contribution in [3.63, 3.8) is 0 Å². The first-order valence-electron chi connectivity index (χ1n) is 10.9. The zero-order chi connectivity index (χ0) is 20.8. The summed E-state index contributed by atoms with van der Waals surface area (Å²) in [6, 6.07) is 27.3. The van der Waals surface area contributed by atoms with Crippen molar-refractivity contribution in [1.29, 1.82) is 0 Å². The number of piperidine rings is 1. The van der Waals surface area contributed by atoms with Gasteiger partial charge in [-0.2, -0.15) is 0 Å². The molecule has 1 heterocycles. The second-order valence-electron chi connectivity index (χ2n) is 8.20. The molecule has 154 valence electrons. The van der Waals surface area contributed by atoms with Gasteiger partial charge in [-0.1, -0.05) is 66.7 Å². The Balaban J connectivity index is 1.31. The molecule has 3 aromatic carbocycles. The highest BCUT2D eigenvalue weighted by atomic mass is 16.2. The maximum absolute atomic E-state index is 12.9. The number of aryl methyl sites for hydroxylation is 2. The van der Waals surface area contributed by atoms with Gasteiger partial charge in [-0.05, 0) is 66.0 Å². The number of rotatable bonds is 6. The van der Waals surface area contributed by atoms with Gasteiger partial charge < -0.3 is 10.6 Å². The maximum atomic E-state index is 12.9. The molecule has 0 aliphatic carbocycles. The fourth-order valence-electron chi connectivity index (χ4n) is 4.32. The van der Waals surface area contributed by atoms with Crippen LogP contribution in [0.1, 0.15) is 51.4 Å². The van der Waals surface area contributed by atoms with Gasteiger partial charge in [-0.3, -0.25) is 4.79 Å². The molecule has 3 nitrogen and oxygen atoms in total. The van der Waals surface area contributed by atoms with Crippen molar-refractivity contribution in [2.75, 3.05) is 13.1 Å². The molecule has 0 spiro atoms. The molecular formula is C27H30N2O. The van der Waals surface area contributed by atoms with Crippen LogP contribution < -0.4 is 5.73 Å². The van der Waals surface area contributed by atoms with E-state index in [2.05, 4.69) is 60.7 Å². The van der Waals surface area contributed by atoms with Crippen LogP contribution in [-0.2, 0) is 19.4 Å². The molecule has 1 fully saturated rings. The largest absolute Gasteiger partial charge is 0.339 e. The molecule has 0 saturated carbocycles. The van der Waals surface area contributed by atoms with Crippen LogP contribution in [-0.4, -0.2) is 23.9 Å². The summed E-state index contributed by atoms with van der Waals surface area (Å²) in [5.41, 5.74) is 11.7. The van der Waals surface area contributed by atoms with Crippen LogP contribution in [0.5, 0.6) is 0 Å². The number of carbonyl (C=O) groups is 1. The van der Waals surface area contributed by atoms with E-state index in [1.54, 1.807) is 0 Å². The van der Waals surface area contributed by atoms with E-state index in [0.29, 0.717) is 12.5 Å². The van der Waals surface area contributed by atoms with Crippen LogP contribution >= 0.6 is 0 Å². The quantitative estimate of drug-likeness (QED) is 0.638. The van der Waals surface area contributed by atoms with E-state index >= 15 is 0 Å². The molecule has 0 aromatic heterocycles. The highest BCUT2D eigenvalue weighted by molar-refractivity contribution is 5.94. The van der Waals surface area contributed by atoms with Gasteiger partial charge in [0, 0.05) is 25.2 Å². The second-order valence-corrected chi connectivity index (χ2v) is 8.20. The Morgan fingerprint density at radius 3 is 2.10 bits per heavy atom. The van der Waals surface area contributed by atoms with E-state index in [-0.39, 0.29) is 5.91 Å². The number of hydrogen-bond acceptors (Lipinski definition) is 2. The van der Waals surface area contributed by atoms with Gasteiger partial charge in [0.05, 0.1) is 0 Å². The van der Waals surface area contributed by atoms with Gasteiger partial charge >= 0.3 is 0 Å². The van der Waals surface area contributed by atoms with E-state index in [1.165, 1.54) is 22.3 Å². The molecule has 30 heavy (non-hydrogen) atoms. The van der Waals surface area contributed by atoms with E-state index in [0.717, 1.165) is 44.3 Å². The summed E-state index contributed by atoms with van der Waals surface area (Å²) in [6.45, 7) is 2.20. The van der Waals surface area contributed by atoms with Crippen molar-refractivity contribution < 1.29 is 4.79 Å². The number of amides is 1. The van der Waals surface area contributed by atoms with Crippen molar-refractivity contribution >= 4 is 5.91 Å². The standard InChI is InChI=1S/C27H30N2O/c28-20-23-7-4-8-26(19-23)24-15-17-29(18-16-24)27(30)25-13-11-22(12-14-25)10-9-21-5-2-1-3-6-21/h1-8,11-14,19,24H,9-10,15-18,20,28H2. The van der Waals surface area contributed by atoms with E-state index in [1.807, 2.05) is 23.1 Å². The second kappa shape index (κ2) is 9.73. The third-order valence-corrected chi connectivity index (χ3v) is 6.19. The van der Waals surface area contributed by atoms with E-state index in [4.69, 9.17) is 5.73 Å². The Hall–Kier alpha value is -2.91. The first-order chi connectivity index (χ1) is 14.7. The topological polar surface area (TPSA) is 46.3 Å². The number of nitrogens with two attached hydrogens (primary N) is 1. The molecule has 1 aliphatic rings. The summed E-state index contributed by atoms with van der Waals surface area (Å²) >= 11 is 0. The van der Waals surface area contributed by atoms with Crippen molar-refractivity contribution in [3.8, 4) is 0 Å². The normalized spacial score (nSPS) is 14.6. The van der Waals surface area contributed by atoms with Crippen LogP contribution in [0.25, 0.3) is 0 Å². The third kappa shape index (κ3) is 4.98. The van der Waals surface area contributed by atoms with Crippen molar-refractivity contribution in [3.05, 3.63) is 107 Å². The third-order valence-electron chi connectivity index (χ3n) is 6.19. The smallest absolute Gasteiger partial charge is 0.253 e. The summed E-state index contributed by atoms with van der Waals surface area (Å²) in [7, 11) is 0. The minimum absolute atomic E-state index is 0.152. The molecular weight excluding hydrogens is 368 g/mol. The Morgan fingerprint density at radius 1 is 0.800 bits per heavy atom. The minimum Gasteiger partial charge on any atom is -0.339 e. The lowest BCUT2D eigenvalue weighted by atomic mass is 9.88. The van der Waals surface area contributed by atoms with Gasteiger partial charge in [-0.15, -0.1) is 0 Å². The molecule has 1 saturated heterocycles. The molecule has 0 unspecified atom stereocenters. The van der Waals surface area contributed by atoms with Gasteiger partial charge in [0.15, 0.2) is 0 Å². The Bertz CT molecular complexity index is 958.